The molecule has 1 heterocycles. The van der Waals surface area contributed by atoms with Crippen molar-refractivity contribution in [1.82, 2.24) is 9.55 Å². The summed E-state index contributed by atoms with van der Waals surface area (Å²) in [5.41, 5.74) is 5.63. The Kier molecular flexibility index (Phi) is 4.72. The average molecular weight is 403 g/mol. The maximum Gasteiger partial charge on any atom is 0.141 e. The molecule has 0 unspecified atom stereocenters. The number of imidazole rings is 1. The van der Waals surface area contributed by atoms with Crippen molar-refractivity contribution < 1.29 is 0 Å². The van der Waals surface area contributed by atoms with E-state index in [0.717, 1.165) is 39.4 Å². The first-order valence-electron chi connectivity index (χ1n) is 8.75. The first-order chi connectivity index (χ1) is 12.8. The number of rotatable bonds is 4. The monoisotopic (exact) mass is 402 g/mol. The van der Waals surface area contributed by atoms with Crippen molar-refractivity contribution >= 4 is 15.9 Å². The summed E-state index contributed by atoms with van der Waals surface area (Å²) in [6, 6.07) is 29.3. The molecule has 2 nitrogen and oxygen atoms in total. The molecule has 3 aromatic carbocycles. The smallest absolute Gasteiger partial charge is 0.141 e. The molecule has 0 aliphatic heterocycles. The van der Waals surface area contributed by atoms with E-state index in [0.29, 0.717) is 0 Å². The van der Waals surface area contributed by atoms with Crippen LogP contribution < -0.4 is 0 Å². The minimum atomic E-state index is 0.857. The van der Waals surface area contributed by atoms with Crippen LogP contribution in [-0.2, 0) is 6.54 Å². The van der Waals surface area contributed by atoms with Crippen molar-refractivity contribution in [2.45, 2.75) is 13.5 Å². The van der Waals surface area contributed by atoms with Crippen LogP contribution in [0, 0.1) is 0 Å². The predicted molar refractivity (Wildman–Crippen MR) is 112 cm³/mol. The molecule has 0 amide bonds. The summed E-state index contributed by atoms with van der Waals surface area (Å²) < 4.78 is 3.38. The van der Waals surface area contributed by atoms with Crippen LogP contribution in [0.3, 0.4) is 0 Å². The molecule has 0 saturated heterocycles. The fourth-order valence-electron chi connectivity index (χ4n) is 3.27. The van der Waals surface area contributed by atoms with Crippen LogP contribution >= 0.6 is 15.9 Å². The zero-order valence-corrected chi connectivity index (χ0v) is 16.1. The number of benzene rings is 3. The second kappa shape index (κ2) is 7.30. The molecule has 0 N–H and O–H groups in total. The Morgan fingerprint density at radius 1 is 0.731 bits per heavy atom. The summed E-state index contributed by atoms with van der Waals surface area (Å²) in [4.78, 5) is 5.08. The lowest BCUT2D eigenvalue weighted by Crippen LogP contribution is -2.00. The maximum absolute atomic E-state index is 5.08. The van der Waals surface area contributed by atoms with E-state index in [-0.39, 0.29) is 0 Å². The topological polar surface area (TPSA) is 17.8 Å². The van der Waals surface area contributed by atoms with E-state index in [1.165, 1.54) is 5.56 Å². The summed E-state index contributed by atoms with van der Waals surface area (Å²) in [6.45, 7) is 3.03. The van der Waals surface area contributed by atoms with Crippen LogP contribution in [0.2, 0.25) is 0 Å². The highest BCUT2D eigenvalue weighted by atomic mass is 79.9. The Bertz CT molecular complexity index is 1000. The van der Waals surface area contributed by atoms with Gasteiger partial charge in [0.05, 0.1) is 11.4 Å². The fraction of sp³-hybridized carbons (Fsp3) is 0.0870. The van der Waals surface area contributed by atoms with E-state index in [1.54, 1.807) is 0 Å². The Balaban J connectivity index is 2.00. The van der Waals surface area contributed by atoms with Gasteiger partial charge in [0.2, 0.25) is 0 Å². The minimum Gasteiger partial charge on any atom is -0.324 e. The van der Waals surface area contributed by atoms with Crippen molar-refractivity contribution in [3.8, 4) is 33.9 Å². The van der Waals surface area contributed by atoms with Crippen molar-refractivity contribution in [2.24, 2.45) is 0 Å². The number of hydrogen-bond acceptors (Lipinski definition) is 1. The van der Waals surface area contributed by atoms with E-state index in [1.807, 2.05) is 12.1 Å². The molecule has 4 rings (SSSR count). The van der Waals surface area contributed by atoms with E-state index in [9.17, 15) is 0 Å². The first-order valence-corrected chi connectivity index (χ1v) is 9.54. The largest absolute Gasteiger partial charge is 0.324 e. The van der Waals surface area contributed by atoms with E-state index < -0.39 is 0 Å². The van der Waals surface area contributed by atoms with Gasteiger partial charge in [-0.05, 0) is 19.1 Å². The second-order valence-corrected chi connectivity index (χ2v) is 7.03. The fourth-order valence-corrected chi connectivity index (χ4v) is 3.53. The first kappa shape index (κ1) is 16.8. The second-order valence-electron chi connectivity index (χ2n) is 6.12. The number of halogens is 1. The van der Waals surface area contributed by atoms with Gasteiger partial charge in [0.1, 0.15) is 5.82 Å². The quantitative estimate of drug-likeness (QED) is 0.372. The van der Waals surface area contributed by atoms with E-state index >= 15 is 0 Å². The lowest BCUT2D eigenvalue weighted by atomic mass is 10.0. The highest BCUT2D eigenvalue weighted by Gasteiger charge is 2.19. The van der Waals surface area contributed by atoms with Crippen LogP contribution in [0.5, 0.6) is 0 Å². The van der Waals surface area contributed by atoms with Crippen molar-refractivity contribution in [2.75, 3.05) is 0 Å². The van der Waals surface area contributed by atoms with E-state index in [2.05, 4.69) is 100 Å². The number of hydrogen-bond donors (Lipinski definition) is 0. The molecule has 3 heteroatoms. The summed E-state index contributed by atoms with van der Waals surface area (Å²) in [5.74, 6) is 0.998. The standard InChI is InChI=1S/C23H19BrN2/c1-2-26-22(18-11-7-4-8-12-18)21(17-9-5-3-6-10-17)25-23(26)19-13-15-20(24)16-14-19/h3-16H,2H2,1H3. The summed E-state index contributed by atoms with van der Waals surface area (Å²) in [7, 11) is 0. The zero-order valence-electron chi connectivity index (χ0n) is 14.6. The summed E-state index contributed by atoms with van der Waals surface area (Å²) in [6.07, 6.45) is 0. The van der Waals surface area contributed by atoms with Crippen molar-refractivity contribution in [1.29, 1.82) is 0 Å². The molecule has 1 aromatic heterocycles. The normalized spacial score (nSPS) is 10.8. The Hall–Kier alpha value is -2.65. The lowest BCUT2D eigenvalue weighted by molar-refractivity contribution is 0.778. The van der Waals surface area contributed by atoms with Crippen LogP contribution in [0.4, 0.5) is 0 Å². The molecule has 4 aromatic rings. The van der Waals surface area contributed by atoms with Gasteiger partial charge in [0.25, 0.3) is 0 Å². The molecule has 128 valence electrons. The summed E-state index contributed by atoms with van der Waals surface area (Å²) in [5, 5.41) is 0. The van der Waals surface area contributed by atoms with Gasteiger partial charge >= 0.3 is 0 Å². The van der Waals surface area contributed by atoms with Gasteiger partial charge in [-0.1, -0.05) is 88.7 Å². The minimum absolute atomic E-state index is 0.857. The molecule has 0 saturated carbocycles. The van der Waals surface area contributed by atoms with Crippen LogP contribution in [0.15, 0.2) is 89.4 Å². The third kappa shape index (κ3) is 3.11. The van der Waals surface area contributed by atoms with Gasteiger partial charge in [-0.2, -0.15) is 0 Å². The average Bonchev–Trinajstić information content (AvgIpc) is 3.09. The molecule has 0 aliphatic rings. The van der Waals surface area contributed by atoms with Crippen molar-refractivity contribution in [3.63, 3.8) is 0 Å². The Morgan fingerprint density at radius 3 is 1.88 bits per heavy atom. The van der Waals surface area contributed by atoms with E-state index in [4.69, 9.17) is 4.98 Å². The molecule has 0 radical (unpaired) electrons. The third-order valence-electron chi connectivity index (χ3n) is 4.48. The van der Waals surface area contributed by atoms with Gasteiger partial charge in [0.15, 0.2) is 0 Å². The summed E-state index contributed by atoms with van der Waals surface area (Å²) >= 11 is 3.52. The van der Waals surface area contributed by atoms with Gasteiger partial charge in [-0.3, -0.25) is 0 Å². The zero-order chi connectivity index (χ0) is 17.9. The van der Waals surface area contributed by atoms with Crippen LogP contribution in [0.1, 0.15) is 6.92 Å². The highest BCUT2D eigenvalue weighted by molar-refractivity contribution is 9.10. The van der Waals surface area contributed by atoms with Crippen LogP contribution in [0.25, 0.3) is 33.9 Å². The van der Waals surface area contributed by atoms with Crippen molar-refractivity contribution in [3.05, 3.63) is 89.4 Å². The predicted octanol–water partition coefficient (Wildman–Crippen LogP) is 6.67. The molecular weight excluding hydrogens is 384 g/mol. The molecule has 0 atom stereocenters. The Labute approximate surface area is 162 Å². The van der Waals surface area contributed by atoms with Gasteiger partial charge in [-0.15, -0.1) is 0 Å². The third-order valence-corrected chi connectivity index (χ3v) is 5.01. The molecular formula is C23H19BrN2. The molecule has 0 fully saturated rings. The molecule has 26 heavy (non-hydrogen) atoms. The molecule has 0 bridgehead atoms. The molecule has 0 aliphatic carbocycles. The van der Waals surface area contributed by atoms with Gasteiger partial charge < -0.3 is 4.57 Å². The maximum atomic E-state index is 5.08. The van der Waals surface area contributed by atoms with Gasteiger partial charge in [-0.25, -0.2) is 4.98 Å². The van der Waals surface area contributed by atoms with Gasteiger partial charge in [0, 0.05) is 27.7 Å². The lowest BCUT2D eigenvalue weighted by Gasteiger charge is -2.11. The highest BCUT2D eigenvalue weighted by Crippen LogP contribution is 2.36. The van der Waals surface area contributed by atoms with Crippen LogP contribution in [-0.4, -0.2) is 9.55 Å². The number of aromatic nitrogens is 2. The Morgan fingerprint density at radius 2 is 1.31 bits per heavy atom. The SMILES string of the molecule is CCn1c(-c2ccc(Br)cc2)nc(-c2ccccc2)c1-c1ccccc1. The molecule has 0 spiro atoms. The number of nitrogens with zero attached hydrogens (tertiary/aromatic N) is 2.